The molecule has 1 aromatic rings. The standard InChI is InChI=1S/C15H20N2O2/c18-15(19)14-13-11(9-17-14)6-7-12(13)16-8-10-4-2-1-3-5-10/h1-5,11-14,16-17H,6-9H2,(H,18,19). The Bertz CT molecular complexity index is 449. The van der Waals surface area contributed by atoms with E-state index in [4.69, 9.17) is 0 Å². The Kier molecular flexibility index (Phi) is 3.53. The minimum atomic E-state index is -0.707. The van der Waals surface area contributed by atoms with Crippen LogP contribution in [0.2, 0.25) is 0 Å². The molecule has 0 aromatic heterocycles. The number of nitrogens with one attached hydrogen (secondary N) is 2. The van der Waals surface area contributed by atoms with Gasteiger partial charge in [-0.25, -0.2) is 0 Å². The highest BCUT2D eigenvalue weighted by Gasteiger charge is 2.47. The summed E-state index contributed by atoms with van der Waals surface area (Å²) in [6, 6.07) is 10.2. The summed E-state index contributed by atoms with van der Waals surface area (Å²) in [5, 5.41) is 16.0. The van der Waals surface area contributed by atoms with Crippen LogP contribution in [0.1, 0.15) is 18.4 Å². The van der Waals surface area contributed by atoms with Crippen molar-refractivity contribution in [2.45, 2.75) is 31.5 Å². The van der Waals surface area contributed by atoms with E-state index in [1.165, 1.54) is 5.56 Å². The van der Waals surface area contributed by atoms with Crippen LogP contribution in [-0.4, -0.2) is 29.7 Å². The molecule has 0 radical (unpaired) electrons. The lowest BCUT2D eigenvalue weighted by atomic mass is 9.91. The van der Waals surface area contributed by atoms with Crippen LogP contribution in [0.4, 0.5) is 0 Å². The molecular weight excluding hydrogens is 240 g/mol. The highest BCUT2D eigenvalue weighted by atomic mass is 16.4. The number of hydrogen-bond acceptors (Lipinski definition) is 3. The summed E-state index contributed by atoms with van der Waals surface area (Å²) in [6.07, 6.45) is 2.22. The Balaban J connectivity index is 1.63. The minimum Gasteiger partial charge on any atom is -0.480 e. The third-order valence-corrected chi connectivity index (χ3v) is 4.52. The maximum absolute atomic E-state index is 11.3. The molecule has 4 heteroatoms. The van der Waals surface area contributed by atoms with Crippen LogP contribution in [0.3, 0.4) is 0 Å². The third kappa shape index (κ3) is 2.51. The van der Waals surface area contributed by atoms with Crippen molar-refractivity contribution in [3.05, 3.63) is 35.9 Å². The molecule has 3 rings (SSSR count). The first-order chi connectivity index (χ1) is 9.25. The average molecular weight is 260 g/mol. The topological polar surface area (TPSA) is 61.4 Å². The van der Waals surface area contributed by atoms with Crippen LogP contribution in [-0.2, 0) is 11.3 Å². The van der Waals surface area contributed by atoms with Crippen molar-refractivity contribution in [2.24, 2.45) is 11.8 Å². The predicted molar refractivity (Wildman–Crippen MR) is 72.7 cm³/mol. The molecule has 1 saturated carbocycles. The van der Waals surface area contributed by atoms with E-state index >= 15 is 0 Å². The lowest BCUT2D eigenvalue weighted by Crippen LogP contribution is -2.44. The van der Waals surface area contributed by atoms with Gasteiger partial charge in [-0.3, -0.25) is 4.79 Å². The van der Waals surface area contributed by atoms with Gasteiger partial charge in [-0.05, 0) is 30.9 Å². The SMILES string of the molecule is O=C(O)C1NCC2CCC(NCc3ccccc3)C21. The summed E-state index contributed by atoms with van der Waals surface area (Å²) >= 11 is 0. The second-order valence-corrected chi connectivity index (χ2v) is 5.61. The highest BCUT2D eigenvalue weighted by molar-refractivity contribution is 5.74. The van der Waals surface area contributed by atoms with E-state index in [-0.39, 0.29) is 12.0 Å². The molecular formula is C15H20N2O2. The van der Waals surface area contributed by atoms with E-state index in [1.54, 1.807) is 0 Å². The molecule has 4 nitrogen and oxygen atoms in total. The van der Waals surface area contributed by atoms with Crippen molar-refractivity contribution in [1.82, 2.24) is 10.6 Å². The molecule has 19 heavy (non-hydrogen) atoms. The normalized spacial score (nSPS) is 33.3. The number of carbonyl (C=O) groups is 1. The van der Waals surface area contributed by atoms with E-state index in [1.807, 2.05) is 18.2 Å². The van der Waals surface area contributed by atoms with Crippen molar-refractivity contribution in [2.75, 3.05) is 6.54 Å². The largest absolute Gasteiger partial charge is 0.480 e. The Morgan fingerprint density at radius 1 is 1.32 bits per heavy atom. The number of benzene rings is 1. The van der Waals surface area contributed by atoms with Gasteiger partial charge in [0.1, 0.15) is 6.04 Å². The van der Waals surface area contributed by atoms with Crippen molar-refractivity contribution < 1.29 is 9.90 Å². The van der Waals surface area contributed by atoms with E-state index in [2.05, 4.69) is 22.8 Å². The van der Waals surface area contributed by atoms with E-state index in [0.29, 0.717) is 12.0 Å². The second kappa shape index (κ2) is 5.31. The fraction of sp³-hybridized carbons (Fsp3) is 0.533. The van der Waals surface area contributed by atoms with Crippen LogP contribution in [0.5, 0.6) is 0 Å². The van der Waals surface area contributed by atoms with Gasteiger partial charge in [0, 0.05) is 18.5 Å². The van der Waals surface area contributed by atoms with E-state index in [9.17, 15) is 9.90 Å². The summed E-state index contributed by atoms with van der Waals surface area (Å²) < 4.78 is 0. The molecule has 1 aromatic carbocycles. The molecule has 2 aliphatic rings. The fourth-order valence-electron chi connectivity index (χ4n) is 3.60. The van der Waals surface area contributed by atoms with E-state index < -0.39 is 5.97 Å². The Morgan fingerprint density at radius 3 is 2.84 bits per heavy atom. The molecule has 0 spiro atoms. The Hall–Kier alpha value is -1.39. The van der Waals surface area contributed by atoms with Crippen LogP contribution >= 0.6 is 0 Å². The van der Waals surface area contributed by atoms with Crippen molar-refractivity contribution in [3.8, 4) is 0 Å². The predicted octanol–water partition coefficient (Wildman–Crippen LogP) is 1.23. The van der Waals surface area contributed by atoms with Crippen LogP contribution < -0.4 is 10.6 Å². The summed E-state index contributed by atoms with van der Waals surface area (Å²) in [5.41, 5.74) is 1.25. The first-order valence-electron chi connectivity index (χ1n) is 6.99. The summed E-state index contributed by atoms with van der Waals surface area (Å²) in [7, 11) is 0. The van der Waals surface area contributed by atoms with Crippen LogP contribution in [0.25, 0.3) is 0 Å². The van der Waals surface area contributed by atoms with Crippen molar-refractivity contribution in [3.63, 3.8) is 0 Å². The van der Waals surface area contributed by atoms with Gasteiger partial charge in [-0.2, -0.15) is 0 Å². The van der Waals surface area contributed by atoms with Crippen molar-refractivity contribution >= 4 is 5.97 Å². The molecule has 1 aliphatic carbocycles. The number of hydrogen-bond donors (Lipinski definition) is 3. The van der Waals surface area contributed by atoms with Gasteiger partial charge < -0.3 is 15.7 Å². The molecule has 0 amide bonds. The molecule has 2 fully saturated rings. The first kappa shape index (κ1) is 12.6. The first-order valence-corrected chi connectivity index (χ1v) is 6.99. The summed E-state index contributed by atoms with van der Waals surface area (Å²) in [4.78, 5) is 11.3. The number of fused-ring (bicyclic) bond motifs is 1. The third-order valence-electron chi connectivity index (χ3n) is 4.52. The van der Waals surface area contributed by atoms with Gasteiger partial charge in [0.2, 0.25) is 0 Å². The van der Waals surface area contributed by atoms with Crippen molar-refractivity contribution in [1.29, 1.82) is 0 Å². The smallest absolute Gasteiger partial charge is 0.321 e. The van der Waals surface area contributed by atoms with Gasteiger partial charge in [0.05, 0.1) is 0 Å². The molecule has 1 aliphatic heterocycles. The zero-order valence-corrected chi connectivity index (χ0v) is 10.9. The zero-order valence-electron chi connectivity index (χ0n) is 10.9. The second-order valence-electron chi connectivity index (χ2n) is 5.61. The van der Waals surface area contributed by atoms with Gasteiger partial charge in [-0.1, -0.05) is 30.3 Å². The average Bonchev–Trinajstić information content (AvgIpc) is 2.99. The number of rotatable bonds is 4. The maximum Gasteiger partial charge on any atom is 0.321 e. The number of carboxylic acids is 1. The number of aliphatic carboxylic acids is 1. The zero-order chi connectivity index (χ0) is 13.2. The summed E-state index contributed by atoms with van der Waals surface area (Å²) in [6.45, 7) is 1.67. The quantitative estimate of drug-likeness (QED) is 0.762. The van der Waals surface area contributed by atoms with Crippen LogP contribution in [0, 0.1) is 11.8 Å². The van der Waals surface area contributed by atoms with E-state index in [0.717, 1.165) is 25.9 Å². The van der Waals surface area contributed by atoms with Gasteiger partial charge in [0.25, 0.3) is 0 Å². The molecule has 4 atom stereocenters. The number of carboxylic acid groups (broad SMARTS) is 1. The monoisotopic (exact) mass is 260 g/mol. The van der Waals surface area contributed by atoms with Crippen LogP contribution in [0.15, 0.2) is 30.3 Å². The highest BCUT2D eigenvalue weighted by Crippen LogP contribution is 2.38. The molecule has 102 valence electrons. The Labute approximate surface area is 113 Å². The minimum absolute atomic E-state index is 0.237. The summed E-state index contributed by atoms with van der Waals surface area (Å²) in [5.74, 6) is 0.0523. The lowest BCUT2D eigenvalue weighted by molar-refractivity contribution is -0.140. The van der Waals surface area contributed by atoms with Gasteiger partial charge in [0.15, 0.2) is 0 Å². The van der Waals surface area contributed by atoms with Gasteiger partial charge >= 0.3 is 5.97 Å². The molecule has 3 N–H and O–H groups in total. The molecule has 1 heterocycles. The fourth-order valence-corrected chi connectivity index (χ4v) is 3.60. The molecule has 1 saturated heterocycles. The molecule has 0 bridgehead atoms. The molecule has 4 unspecified atom stereocenters. The van der Waals surface area contributed by atoms with Gasteiger partial charge in [-0.15, -0.1) is 0 Å². The maximum atomic E-state index is 11.3. The lowest BCUT2D eigenvalue weighted by Gasteiger charge is -2.23. The Morgan fingerprint density at radius 2 is 2.11 bits per heavy atom.